The van der Waals surface area contributed by atoms with Crippen LogP contribution in [0.2, 0.25) is 0 Å². The normalized spacial score (nSPS) is 16.3. The van der Waals surface area contributed by atoms with Crippen LogP contribution < -0.4 is 5.32 Å². The third-order valence-corrected chi connectivity index (χ3v) is 5.41. The van der Waals surface area contributed by atoms with Crippen LogP contribution >= 0.6 is 23.1 Å². The number of hydrogen-bond donors (Lipinski definition) is 1. The minimum atomic E-state index is -0.334. The van der Waals surface area contributed by atoms with Gasteiger partial charge < -0.3 is 4.57 Å². The molecule has 0 spiro atoms. The van der Waals surface area contributed by atoms with Crippen molar-refractivity contribution in [3.05, 3.63) is 57.0 Å². The Morgan fingerprint density at radius 2 is 2.17 bits per heavy atom. The highest BCUT2D eigenvalue weighted by molar-refractivity contribution is 8.18. The van der Waals surface area contributed by atoms with E-state index in [2.05, 4.69) is 20.2 Å². The third kappa shape index (κ3) is 2.76. The topological polar surface area (TPSA) is 64.0 Å². The number of rotatable bonds is 3. The Hall–Kier alpha value is -2.38. The van der Waals surface area contributed by atoms with Crippen molar-refractivity contribution in [3.8, 4) is 0 Å². The number of nitrogens with zero attached hydrogens (tertiary/aromatic N) is 2. The average Bonchev–Trinajstić information content (AvgIpc) is 3.22. The Morgan fingerprint density at radius 3 is 2.88 bits per heavy atom. The number of aryl methyl sites for hydroxylation is 1. The Labute approximate surface area is 146 Å². The lowest BCUT2D eigenvalue weighted by Gasteiger charge is -2.04. The summed E-state index contributed by atoms with van der Waals surface area (Å²) in [5.41, 5.74) is 3.04. The molecule has 4 rings (SSSR count). The predicted octanol–water partition coefficient (Wildman–Crippen LogP) is 3.78. The van der Waals surface area contributed by atoms with Gasteiger partial charge in [-0.1, -0.05) is 12.1 Å². The Morgan fingerprint density at radius 1 is 1.29 bits per heavy atom. The lowest BCUT2D eigenvalue weighted by atomic mass is 10.1. The molecule has 24 heavy (non-hydrogen) atoms. The van der Waals surface area contributed by atoms with E-state index in [-0.39, 0.29) is 11.1 Å². The van der Waals surface area contributed by atoms with E-state index >= 15 is 0 Å². The highest BCUT2D eigenvalue weighted by Crippen LogP contribution is 2.29. The number of aromatic nitrogens is 2. The minimum absolute atomic E-state index is 0.324. The fourth-order valence-electron chi connectivity index (χ4n) is 2.73. The molecule has 3 heterocycles. The van der Waals surface area contributed by atoms with Gasteiger partial charge in [-0.15, -0.1) is 11.3 Å². The van der Waals surface area contributed by atoms with Gasteiger partial charge in [-0.3, -0.25) is 14.9 Å². The lowest BCUT2D eigenvalue weighted by molar-refractivity contribution is -0.115. The Kier molecular flexibility index (Phi) is 3.74. The lowest BCUT2D eigenvalue weighted by Crippen LogP contribution is -2.17. The zero-order chi connectivity index (χ0) is 16.7. The number of thioether (sulfide) groups is 1. The summed E-state index contributed by atoms with van der Waals surface area (Å²) in [4.78, 5) is 28.0. The van der Waals surface area contributed by atoms with Crippen LogP contribution in [0, 0.1) is 6.92 Å². The maximum Gasteiger partial charge on any atom is 0.290 e. The van der Waals surface area contributed by atoms with E-state index in [4.69, 9.17) is 0 Å². The molecule has 1 saturated heterocycles. The quantitative estimate of drug-likeness (QED) is 0.726. The molecule has 120 valence electrons. The van der Waals surface area contributed by atoms with E-state index in [1.165, 1.54) is 0 Å². The first kappa shape index (κ1) is 15.2. The smallest absolute Gasteiger partial charge is 0.290 e. The summed E-state index contributed by atoms with van der Waals surface area (Å²) in [5.74, 6) is -0.334. The van der Waals surface area contributed by atoms with Crippen LogP contribution in [0.4, 0.5) is 4.79 Å². The van der Waals surface area contributed by atoms with Gasteiger partial charge in [-0.25, -0.2) is 4.98 Å². The van der Waals surface area contributed by atoms with E-state index in [0.29, 0.717) is 11.4 Å². The first-order valence-corrected chi connectivity index (χ1v) is 9.03. The number of fused-ring (bicyclic) bond motifs is 1. The summed E-state index contributed by atoms with van der Waals surface area (Å²) in [6.45, 7) is 2.71. The molecule has 0 unspecified atom stereocenters. The molecule has 2 aromatic heterocycles. The molecule has 5 nitrogen and oxygen atoms in total. The fourth-order valence-corrected chi connectivity index (χ4v) is 4.01. The van der Waals surface area contributed by atoms with Gasteiger partial charge in [0.05, 0.1) is 22.2 Å². The van der Waals surface area contributed by atoms with Gasteiger partial charge in [0.15, 0.2) is 0 Å². The van der Waals surface area contributed by atoms with Gasteiger partial charge in [-0.05, 0) is 42.5 Å². The molecule has 0 bridgehead atoms. The maximum atomic E-state index is 11.7. The van der Waals surface area contributed by atoms with Crippen molar-refractivity contribution in [2.24, 2.45) is 0 Å². The van der Waals surface area contributed by atoms with E-state index < -0.39 is 0 Å². The highest BCUT2D eigenvalue weighted by atomic mass is 32.2. The standard InChI is InChI=1S/C17H13N3O2S2/c1-10-18-12(9-23-10)8-20-6-5-13-11(3-2-4-14(13)20)7-15-16(21)19-17(22)24-15/h2-7,9H,8H2,1H3,(H,19,21,22)/b15-7-. The second-order valence-electron chi connectivity index (χ2n) is 5.43. The molecule has 3 aromatic rings. The molecule has 1 aliphatic rings. The van der Waals surface area contributed by atoms with Crippen molar-refractivity contribution in [2.45, 2.75) is 13.5 Å². The first-order valence-electron chi connectivity index (χ1n) is 7.34. The fraction of sp³-hybridized carbons (Fsp3) is 0.118. The monoisotopic (exact) mass is 355 g/mol. The van der Waals surface area contributed by atoms with E-state index in [1.54, 1.807) is 17.4 Å². The van der Waals surface area contributed by atoms with Crippen molar-refractivity contribution in [2.75, 3.05) is 0 Å². The summed E-state index contributed by atoms with van der Waals surface area (Å²) < 4.78 is 2.14. The van der Waals surface area contributed by atoms with Crippen molar-refractivity contribution in [3.63, 3.8) is 0 Å². The van der Waals surface area contributed by atoms with Crippen LogP contribution in [0.25, 0.3) is 17.0 Å². The number of carbonyl (C=O) groups is 2. The summed E-state index contributed by atoms with van der Waals surface area (Å²) in [7, 11) is 0. The number of nitrogens with one attached hydrogen (secondary N) is 1. The molecule has 0 atom stereocenters. The Balaban J connectivity index is 1.73. The van der Waals surface area contributed by atoms with E-state index in [0.717, 1.165) is 38.9 Å². The highest BCUT2D eigenvalue weighted by Gasteiger charge is 2.25. The van der Waals surface area contributed by atoms with Crippen LogP contribution in [-0.4, -0.2) is 20.7 Å². The second-order valence-corrected chi connectivity index (χ2v) is 7.51. The van der Waals surface area contributed by atoms with Crippen molar-refractivity contribution < 1.29 is 9.59 Å². The zero-order valence-corrected chi connectivity index (χ0v) is 14.4. The SMILES string of the molecule is Cc1nc(Cn2ccc3c(/C=C4\SC(=O)NC4=O)cccc32)cs1. The van der Waals surface area contributed by atoms with Gasteiger partial charge in [-0.2, -0.15) is 0 Å². The van der Waals surface area contributed by atoms with Crippen molar-refractivity contribution >= 4 is 51.2 Å². The summed E-state index contributed by atoms with van der Waals surface area (Å²) in [6.07, 6.45) is 3.79. The predicted molar refractivity (Wildman–Crippen MR) is 97.0 cm³/mol. The zero-order valence-electron chi connectivity index (χ0n) is 12.8. The molecule has 1 fully saturated rings. The number of amides is 2. The molecule has 1 aromatic carbocycles. The van der Waals surface area contributed by atoms with Crippen LogP contribution in [0.1, 0.15) is 16.3 Å². The molecule has 0 radical (unpaired) electrons. The third-order valence-electron chi connectivity index (χ3n) is 3.77. The number of carbonyl (C=O) groups excluding carboxylic acids is 2. The number of hydrogen-bond acceptors (Lipinski definition) is 5. The number of benzene rings is 1. The average molecular weight is 355 g/mol. The van der Waals surface area contributed by atoms with Gasteiger partial charge in [0.25, 0.3) is 11.1 Å². The molecular formula is C17H13N3O2S2. The van der Waals surface area contributed by atoms with Crippen molar-refractivity contribution in [1.29, 1.82) is 0 Å². The minimum Gasteiger partial charge on any atom is -0.341 e. The Bertz CT molecular complexity index is 1000. The molecule has 2 amide bonds. The van der Waals surface area contributed by atoms with Crippen molar-refractivity contribution in [1.82, 2.24) is 14.9 Å². The van der Waals surface area contributed by atoms with Gasteiger partial charge in [0, 0.05) is 22.5 Å². The molecular weight excluding hydrogens is 342 g/mol. The summed E-state index contributed by atoms with van der Waals surface area (Å²) in [6, 6.07) is 7.98. The van der Waals surface area contributed by atoms with Crippen LogP contribution in [0.15, 0.2) is 40.7 Å². The molecule has 1 N–H and O–H groups in total. The van der Waals surface area contributed by atoms with Crippen LogP contribution in [0.3, 0.4) is 0 Å². The van der Waals surface area contributed by atoms with Crippen LogP contribution in [0.5, 0.6) is 0 Å². The van der Waals surface area contributed by atoms with Gasteiger partial charge >= 0.3 is 0 Å². The largest absolute Gasteiger partial charge is 0.341 e. The van der Waals surface area contributed by atoms with Crippen LogP contribution in [-0.2, 0) is 11.3 Å². The maximum absolute atomic E-state index is 11.7. The van der Waals surface area contributed by atoms with Gasteiger partial charge in [0.1, 0.15) is 0 Å². The molecule has 0 aliphatic carbocycles. The summed E-state index contributed by atoms with van der Waals surface area (Å²) >= 11 is 2.58. The van der Waals surface area contributed by atoms with E-state index in [1.807, 2.05) is 37.4 Å². The van der Waals surface area contributed by atoms with E-state index in [9.17, 15) is 9.59 Å². The van der Waals surface area contributed by atoms with Gasteiger partial charge in [0.2, 0.25) is 0 Å². The molecule has 7 heteroatoms. The molecule has 0 saturated carbocycles. The first-order chi connectivity index (χ1) is 11.6. The number of thiazole rings is 1. The summed E-state index contributed by atoms with van der Waals surface area (Å²) in [5, 5.41) is 6.13. The second kappa shape index (κ2) is 5.92. The molecule has 1 aliphatic heterocycles. The number of imide groups is 1.